The molecule has 2 fully saturated rings. The first-order valence-corrected chi connectivity index (χ1v) is 16.7. The van der Waals surface area contributed by atoms with Gasteiger partial charge in [0.2, 0.25) is 17.7 Å². The van der Waals surface area contributed by atoms with E-state index in [0.717, 1.165) is 36.4 Å². The first kappa shape index (κ1) is 30.9. The summed E-state index contributed by atoms with van der Waals surface area (Å²) in [5.41, 5.74) is -0.0916. The van der Waals surface area contributed by atoms with Crippen molar-refractivity contribution in [1.82, 2.24) is 25.8 Å². The number of benzene rings is 1. The fourth-order valence-electron chi connectivity index (χ4n) is 5.78. The van der Waals surface area contributed by atoms with E-state index in [4.69, 9.17) is 0 Å². The molecule has 2 aliphatic rings. The molecule has 3 aromatic rings. The quantitative estimate of drug-likeness (QED) is 0.288. The van der Waals surface area contributed by atoms with Crippen molar-refractivity contribution in [1.29, 1.82) is 0 Å². The highest BCUT2D eigenvalue weighted by Gasteiger charge is 2.44. The van der Waals surface area contributed by atoms with E-state index in [1.54, 1.807) is 17.4 Å². The van der Waals surface area contributed by atoms with Crippen LogP contribution in [0.25, 0.3) is 0 Å². The highest BCUT2D eigenvalue weighted by molar-refractivity contribution is 7.12. The van der Waals surface area contributed by atoms with Crippen molar-refractivity contribution in [3.8, 4) is 0 Å². The summed E-state index contributed by atoms with van der Waals surface area (Å²) in [6, 6.07) is 16.4. The van der Waals surface area contributed by atoms with Gasteiger partial charge >= 0.3 is 0 Å². The lowest BCUT2D eigenvalue weighted by Crippen LogP contribution is -2.61. The van der Waals surface area contributed by atoms with E-state index in [1.807, 2.05) is 64.2 Å². The maximum Gasteiger partial charge on any atom is 0.262 e. The van der Waals surface area contributed by atoms with Crippen LogP contribution in [0, 0.1) is 0 Å². The van der Waals surface area contributed by atoms with Crippen LogP contribution in [0.1, 0.15) is 45.8 Å². The van der Waals surface area contributed by atoms with Crippen molar-refractivity contribution >= 4 is 46.3 Å². The second-order valence-corrected chi connectivity index (χ2v) is 13.2. The Balaban J connectivity index is 1.15. The predicted octanol–water partition coefficient (Wildman–Crippen LogP) is 3.08. The van der Waals surface area contributed by atoms with Crippen molar-refractivity contribution in [3.63, 3.8) is 0 Å². The van der Waals surface area contributed by atoms with Crippen LogP contribution < -0.4 is 16.0 Å². The molecule has 1 atom stereocenters. The van der Waals surface area contributed by atoms with E-state index < -0.39 is 11.6 Å². The van der Waals surface area contributed by atoms with Gasteiger partial charge in [-0.1, -0.05) is 55.3 Å². The van der Waals surface area contributed by atoms with Crippen LogP contribution in [0.2, 0.25) is 0 Å². The molecule has 5 rings (SSSR count). The summed E-state index contributed by atoms with van der Waals surface area (Å²) in [4.78, 5) is 58.5. The normalized spacial score (nSPS) is 17.3. The fourth-order valence-corrected chi connectivity index (χ4v) is 7.10. The van der Waals surface area contributed by atoms with Crippen molar-refractivity contribution in [2.24, 2.45) is 0 Å². The van der Waals surface area contributed by atoms with Crippen molar-refractivity contribution < 1.29 is 19.2 Å². The van der Waals surface area contributed by atoms with Gasteiger partial charge in [-0.05, 0) is 41.3 Å². The second kappa shape index (κ2) is 14.8. The number of amides is 4. The first-order chi connectivity index (χ1) is 20.9. The van der Waals surface area contributed by atoms with E-state index >= 15 is 0 Å². The molecule has 1 saturated carbocycles. The zero-order valence-electron chi connectivity index (χ0n) is 24.3. The van der Waals surface area contributed by atoms with E-state index in [9.17, 15) is 19.2 Å². The summed E-state index contributed by atoms with van der Waals surface area (Å²) in [6.45, 7) is 3.94. The number of hydrogen-bond donors (Lipinski definition) is 3. The third-order valence-electron chi connectivity index (χ3n) is 8.25. The van der Waals surface area contributed by atoms with Gasteiger partial charge in [0.05, 0.1) is 11.3 Å². The van der Waals surface area contributed by atoms with Gasteiger partial charge < -0.3 is 20.9 Å². The number of rotatable bonds is 12. The summed E-state index contributed by atoms with van der Waals surface area (Å²) in [5.74, 6) is -0.667. The van der Waals surface area contributed by atoms with Crippen molar-refractivity contribution in [2.45, 2.75) is 50.1 Å². The van der Waals surface area contributed by atoms with Gasteiger partial charge in [-0.15, -0.1) is 22.7 Å². The zero-order valence-corrected chi connectivity index (χ0v) is 25.9. The third-order valence-corrected chi connectivity index (χ3v) is 10.00. The summed E-state index contributed by atoms with van der Waals surface area (Å²) < 4.78 is 0. The van der Waals surface area contributed by atoms with Crippen LogP contribution in [0.15, 0.2) is 65.4 Å². The van der Waals surface area contributed by atoms with Crippen molar-refractivity contribution in [2.75, 3.05) is 39.3 Å². The summed E-state index contributed by atoms with van der Waals surface area (Å²) in [6.07, 6.45) is 3.54. The Labute approximate surface area is 260 Å². The molecule has 0 unspecified atom stereocenters. The molecular weight excluding hydrogens is 583 g/mol. The molecule has 1 saturated heterocycles. The molecule has 3 heterocycles. The van der Waals surface area contributed by atoms with Gasteiger partial charge in [0.15, 0.2) is 0 Å². The molecule has 3 N–H and O–H groups in total. The highest BCUT2D eigenvalue weighted by atomic mass is 32.1. The molecule has 43 heavy (non-hydrogen) atoms. The molecule has 4 amide bonds. The zero-order chi connectivity index (χ0) is 30.1. The molecule has 2 aromatic heterocycles. The summed E-state index contributed by atoms with van der Waals surface area (Å²) in [7, 11) is 0. The fraction of sp³-hybridized carbons (Fsp3) is 0.438. The molecule has 11 heteroatoms. The standard InChI is InChI=1S/C32H39N5O4S2/c38-28(23-25-10-6-20-42-25)37-18-16-36(17-19-37)15-14-33-29(39)26(22-24-8-2-1-3-9-24)34-31(41)32(12-4-5-13-32)35-30(40)27-11-7-21-43-27/h1-3,6-11,20-21,26H,4-5,12-19,22-23H2,(H,33,39)(H,34,41)(H,35,40)/t26-/m1/s1. The van der Waals surface area contributed by atoms with Crippen LogP contribution in [0.4, 0.5) is 0 Å². The Hall–Kier alpha value is -3.54. The molecular formula is C32H39N5O4S2. The minimum Gasteiger partial charge on any atom is -0.353 e. The number of carbonyl (C=O) groups is 4. The molecule has 0 radical (unpaired) electrons. The minimum atomic E-state index is -1.03. The van der Waals surface area contributed by atoms with E-state index in [2.05, 4.69) is 20.9 Å². The van der Waals surface area contributed by atoms with Crippen LogP contribution in [-0.2, 0) is 27.2 Å². The van der Waals surface area contributed by atoms with Crippen LogP contribution >= 0.6 is 22.7 Å². The van der Waals surface area contributed by atoms with E-state index in [1.165, 1.54) is 11.3 Å². The van der Waals surface area contributed by atoms with Crippen LogP contribution in [0.5, 0.6) is 0 Å². The monoisotopic (exact) mass is 621 g/mol. The SMILES string of the molecule is O=C(NC1(C(=O)N[C@H](Cc2ccccc2)C(=O)NCCN2CCN(C(=O)Cc3cccs3)CC2)CCCC1)c1cccs1. The van der Waals surface area contributed by atoms with Gasteiger partial charge in [-0.3, -0.25) is 24.1 Å². The van der Waals surface area contributed by atoms with Gasteiger partial charge in [0, 0.05) is 50.6 Å². The van der Waals surface area contributed by atoms with Crippen LogP contribution in [0.3, 0.4) is 0 Å². The molecule has 1 aromatic carbocycles. The molecule has 0 spiro atoms. The Bertz CT molecular complexity index is 1350. The lowest BCUT2D eigenvalue weighted by atomic mass is 9.94. The minimum absolute atomic E-state index is 0.154. The molecule has 228 valence electrons. The van der Waals surface area contributed by atoms with E-state index in [-0.39, 0.29) is 23.6 Å². The summed E-state index contributed by atoms with van der Waals surface area (Å²) >= 11 is 2.94. The smallest absolute Gasteiger partial charge is 0.262 e. The molecule has 0 bridgehead atoms. The maximum absolute atomic E-state index is 13.7. The number of thiophene rings is 2. The lowest BCUT2D eigenvalue weighted by molar-refractivity contribution is -0.133. The number of hydrogen-bond acceptors (Lipinski definition) is 7. The van der Waals surface area contributed by atoms with Gasteiger partial charge in [-0.2, -0.15) is 0 Å². The average Bonchev–Trinajstić information content (AvgIpc) is 3.82. The lowest BCUT2D eigenvalue weighted by Gasteiger charge is -2.35. The number of carbonyl (C=O) groups excluding carboxylic acids is 4. The Morgan fingerprint density at radius 1 is 0.860 bits per heavy atom. The number of piperazine rings is 1. The number of nitrogens with one attached hydrogen (secondary N) is 3. The predicted molar refractivity (Wildman–Crippen MR) is 169 cm³/mol. The Morgan fingerprint density at radius 2 is 1.58 bits per heavy atom. The van der Waals surface area contributed by atoms with Gasteiger partial charge in [0.25, 0.3) is 5.91 Å². The largest absolute Gasteiger partial charge is 0.353 e. The van der Waals surface area contributed by atoms with Gasteiger partial charge in [0.1, 0.15) is 11.6 Å². The van der Waals surface area contributed by atoms with Crippen LogP contribution in [-0.4, -0.2) is 84.3 Å². The number of nitrogens with zero attached hydrogens (tertiary/aromatic N) is 2. The van der Waals surface area contributed by atoms with Gasteiger partial charge in [-0.25, -0.2) is 0 Å². The Kier molecular flexibility index (Phi) is 10.6. The van der Waals surface area contributed by atoms with Crippen molar-refractivity contribution in [3.05, 3.63) is 80.7 Å². The third kappa shape index (κ3) is 8.31. The maximum atomic E-state index is 13.7. The first-order valence-electron chi connectivity index (χ1n) is 14.9. The Morgan fingerprint density at radius 3 is 2.26 bits per heavy atom. The topological polar surface area (TPSA) is 111 Å². The van der Waals surface area contributed by atoms with E-state index in [0.29, 0.717) is 56.7 Å². The second-order valence-electron chi connectivity index (χ2n) is 11.2. The summed E-state index contributed by atoms with van der Waals surface area (Å²) in [5, 5.41) is 12.9. The molecule has 1 aliphatic carbocycles. The molecule has 1 aliphatic heterocycles. The average molecular weight is 622 g/mol. The highest BCUT2D eigenvalue weighted by Crippen LogP contribution is 2.31. The molecule has 9 nitrogen and oxygen atoms in total.